The van der Waals surface area contributed by atoms with Gasteiger partial charge >= 0.3 is 0 Å². The Balaban J connectivity index is 2.03. The molecule has 0 amide bonds. The lowest BCUT2D eigenvalue weighted by molar-refractivity contribution is 0.463. The van der Waals surface area contributed by atoms with E-state index in [4.69, 9.17) is 0 Å². The van der Waals surface area contributed by atoms with E-state index in [0.29, 0.717) is 11.4 Å². The highest BCUT2D eigenvalue weighted by molar-refractivity contribution is 7.85. The second-order valence-corrected chi connectivity index (χ2v) is 4.98. The number of anilines is 1. The molecule has 2 rings (SSSR count). The maximum absolute atomic E-state index is 10.7. The summed E-state index contributed by atoms with van der Waals surface area (Å²) in [5, 5.41) is 3.94. The van der Waals surface area contributed by atoms with E-state index >= 15 is 0 Å². The van der Waals surface area contributed by atoms with E-state index < -0.39 is 10.1 Å². The normalized spacial score (nSPS) is 11.6. The van der Waals surface area contributed by atoms with Gasteiger partial charge in [0.15, 0.2) is 0 Å². The molecule has 1 aromatic carbocycles. The predicted molar refractivity (Wildman–Crippen MR) is 69.9 cm³/mol. The minimum atomic E-state index is -4.41. The molecule has 0 aliphatic rings. The van der Waals surface area contributed by atoms with Gasteiger partial charge in [-0.1, -0.05) is 6.07 Å². The molecule has 0 aliphatic heterocycles. The van der Waals surface area contributed by atoms with Gasteiger partial charge in [0.05, 0.1) is 22.5 Å². The first-order chi connectivity index (χ1) is 9.05. The van der Waals surface area contributed by atoms with E-state index in [2.05, 4.69) is 15.5 Å². The molecule has 0 spiro atoms. The van der Waals surface area contributed by atoms with Gasteiger partial charge in [0, 0.05) is 6.20 Å². The first kappa shape index (κ1) is 13.2. The van der Waals surface area contributed by atoms with E-state index in [0.717, 1.165) is 0 Å². The number of hydrogen-bond acceptors (Lipinski definition) is 6. The lowest BCUT2D eigenvalue weighted by atomic mass is 10.3. The van der Waals surface area contributed by atoms with Crippen molar-refractivity contribution in [3.8, 4) is 0 Å². The lowest BCUT2D eigenvalue weighted by Gasteiger charge is -2.07. The first-order valence-corrected chi connectivity index (χ1v) is 6.72. The zero-order valence-electron chi connectivity index (χ0n) is 9.72. The molecule has 7 heteroatoms. The number of rotatable bonds is 4. The van der Waals surface area contributed by atoms with Crippen molar-refractivity contribution in [2.75, 3.05) is 5.43 Å². The van der Waals surface area contributed by atoms with Crippen LogP contribution in [0.4, 0.5) is 5.69 Å². The molecule has 0 radical (unpaired) electrons. The number of nitrogens with zero attached hydrogens (tertiary/aromatic N) is 2. The Morgan fingerprint density at radius 3 is 2.47 bits per heavy atom. The summed E-state index contributed by atoms with van der Waals surface area (Å²) in [5.41, 5.74) is 3.96. The summed E-state index contributed by atoms with van der Waals surface area (Å²) < 4.78 is 32.2. The molecule has 0 unspecified atom stereocenters. The standard InChI is InChI=1S/C12H11N3O3S/c16-19(17,18)12-6-4-10(5-7-12)15-14-9-11-3-1-2-8-13-11/h1-9,15H,(H,16,17,18)/p-1/b14-9-. The third kappa shape index (κ3) is 3.87. The van der Waals surface area contributed by atoms with Crippen LogP contribution in [0.25, 0.3) is 0 Å². The summed E-state index contributed by atoms with van der Waals surface area (Å²) >= 11 is 0. The maximum Gasteiger partial charge on any atom is 0.124 e. The number of hydrazone groups is 1. The Kier molecular flexibility index (Phi) is 3.88. The van der Waals surface area contributed by atoms with Gasteiger partial charge in [-0.3, -0.25) is 10.4 Å². The first-order valence-electron chi connectivity index (χ1n) is 5.32. The monoisotopic (exact) mass is 276 g/mol. The van der Waals surface area contributed by atoms with Gasteiger partial charge in [-0.2, -0.15) is 5.10 Å². The molecule has 19 heavy (non-hydrogen) atoms. The van der Waals surface area contributed by atoms with Gasteiger partial charge in [0.2, 0.25) is 0 Å². The summed E-state index contributed by atoms with van der Waals surface area (Å²) in [7, 11) is -4.41. The molecule has 6 nitrogen and oxygen atoms in total. The van der Waals surface area contributed by atoms with Gasteiger partial charge < -0.3 is 4.55 Å². The molecule has 98 valence electrons. The van der Waals surface area contributed by atoms with Gasteiger partial charge in [-0.15, -0.1) is 0 Å². The molecule has 0 atom stereocenters. The van der Waals surface area contributed by atoms with Crippen molar-refractivity contribution in [1.82, 2.24) is 4.98 Å². The smallest absolute Gasteiger partial charge is 0.124 e. The Morgan fingerprint density at radius 2 is 1.89 bits per heavy atom. The van der Waals surface area contributed by atoms with Crippen LogP contribution in [0.15, 0.2) is 58.7 Å². The number of aromatic nitrogens is 1. The fraction of sp³-hybridized carbons (Fsp3) is 0. The van der Waals surface area contributed by atoms with Crippen molar-refractivity contribution >= 4 is 22.0 Å². The van der Waals surface area contributed by atoms with E-state index in [9.17, 15) is 13.0 Å². The molecular formula is C12H10N3O3S-. The number of benzene rings is 1. The van der Waals surface area contributed by atoms with Gasteiger partial charge in [-0.25, -0.2) is 8.42 Å². The Bertz CT molecular complexity index is 667. The molecule has 1 heterocycles. The van der Waals surface area contributed by atoms with Crippen molar-refractivity contribution < 1.29 is 13.0 Å². The molecule has 0 saturated carbocycles. The second-order valence-electron chi connectivity index (χ2n) is 3.60. The van der Waals surface area contributed by atoms with Gasteiger partial charge in [0.25, 0.3) is 0 Å². The maximum atomic E-state index is 10.7. The Labute approximate surface area is 110 Å². The molecule has 0 aliphatic carbocycles. The Morgan fingerprint density at radius 1 is 1.16 bits per heavy atom. The molecule has 0 bridgehead atoms. The minimum Gasteiger partial charge on any atom is -0.744 e. The van der Waals surface area contributed by atoms with E-state index in [1.165, 1.54) is 30.5 Å². The molecule has 1 aromatic heterocycles. The number of nitrogens with one attached hydrogen (secondary N) is 1. The van der Waals surface area contributed by atoms with E-state index in [1.54, 1.807) is 18.3 Å². The Hall–Kier alpha value is -2.25. The van der Waals surface area contributed by atoms with Crippen molar-refractivity contribution in [1.29, 1.82) is 0 Å². The summed E-state index contributed by atoms with van der Waals surface area (Å²) in [6, 6.07) is 10.8. The van der Waals surface area contributed by atoms with Crippen LogP contribution in [0.2, 0.25) is 0 Å². The summed E-state index contributed by atoms with van der Waals surface area (Å²) in [5.74, 6) is 0. The molecule has 0 fully saturated rings. The van der Waals surface area contributed by atoms with Crippen LogP contribution in [0.3, 0.4) is 0 Å². The summed E-state index contributed by atoms with van der Waals surface area (Å²) in [6.07, 6.45) is 3.17. The summed E-state index contributed by atoms with van der Waals surface area (Å²) in [4.78, 5) is 3.77. The van der Waals surface area contributed by atoms with Crippen LogP contribution in [0, 0.1) is 0 Å². The van der Waals surface area contributed by atoms with Crippen LogP contribution in [-0.2, 0) is 10.1 Å². The fourth-order valence-electron chi connectivity index (χ4n) is 1.32. The molecule has 1 N–H and O–H groups in total. The van der Waals surface area contributed by atoms with Crippen molar-refractivity contribution in [3.05, 3.63) is 54.4 Å². The topological polar surface area (TPSA) is 94.5 Å². The third-order valence-corrected chi connectivity index (χ3v) is 3.07. The van der Waals surface area contributed by atoms with Gasteiger partial charge in [-0.05, 0) is 36.4 Å². The highest BCUT2D eigenvalue weighted by Gasteiger charge is 1.99. The lowest BCUT2D eigenvalue weighted by Crippen LogP contribution is -1.98. The van der Waals surface area contributed by atoms with Crippen molar-refractivity contribution in [2.24, 2.45) is 5.10 Å². The fourth-order valence-corrected chi connectivity index (χ4v) is 1.79. The predicted octanol–water partition coefficient (Wildman–Crippen LogP) is 1.43. The van der Waals surface area contributed by atoms with Crippen LogP contribution >= 0.6 is 0 Å². The van der Waals surface area contributed by atoms with Crippen LogP contribution in [0.1, 0.15) is 5.69 Å². The van der Waals surface area contributed by atoms with Crippen LogP contribution in [0.5, 0.6) is 0 Å². The zero-order chi connectivity index (χ0) is 13.7. The highest BCUT2D eigenvalue weighted by Crippen LogP contribution is 2.13. The summed E-state index contributed by atoms with van der Waals surface area (Å²) in [6.45, 7) is 0. The van der Waals surface area contributed by atoms with Crippen LogP contribution < -0.4 is 5.43 Å². The van der Waals surface area contributed by atoms with Crippen LogP contribution in [-0.4, -0.2) is 24.2 Å². The van der Waals surface area contributed by atoms with E-state index in [-0.39, 0.29) is 4.90 Å². The van der Waals surface area contributed by atoms with Gasteiger partial charge in [0.1, 0.15) is 10.1 Å². The molecule has 0 saturated heterocycles. The molecule has 2 aromatic rings. The van der Waals surface area contributed by atoms with Crippen molar-refractivity contribution in [2.45, 2.75) is 4.90 Å². The SMILES string of the molecule is O=S(=O)([O-])c1ccc(N/N=C\c2ccccn2)cc1. The average molecular weight is 276 g/mol. The number of hydrogen-bond donors (Lipinski definition) is 1. The highest BCUT2D eigenvalue weighted by atomic mass is 32.2. The minimum absolute atomic E-state index is 0.272. The largest absolute Gasteiger partial charge is 0.744 e. The average Bonchev–Trinajstić information content (AvgIpc) is 2.39. The van der Waals surface area contributed by atoms with Crippen molar-refractivity contribution in [3.63, 3.8) is 0 Å². The third-order valence-electron chi connectivity index (χ3n) is 2.22. The zero-order valence-corrected chi connectivity index (χ0v) is 10.5. The number of pyridine rings is 1. The second kappa shape index (κ2) is 5.59. The van der Waals surface area contributed by atoms with E-state index in [1.807, 2.05) is 6.07 Å². The molecular weight excluding hydrogens is 266 g/mol. The quantitative estimate of drug-likeness (QED) is 0.518.